The predicted molar refractivity (Wildman–Crippen MR) is 60.0 cm³/mol. The second-order valence-electron chi connectivity index (χ2n) is 3.96. The van der Waals surface area contributed by atoms with Crippen LogP contribution in [0.15, 0.2) is 18.2 Å². The molecule has 0 heterocycles. The Hall–Kier alpha value is -1.30. The third-order valence-electron chi connectivity index (χ3n) is 2.64. The Morgan fingerprint density at radius 1 is 1.22 bits per heavy atom. The zero-order valence-electron chi connectivity index (χ0n) is 10.3. The number of alkyl halides is 3. The highest BCUT2D eigenvalue weighted by Crippen LogP contribution is 2.31. The van der Waals surface area contributed by atoms with Crippen LogP contribution in [0.25, 0.3) is 0 Å². The Morgan fingerprint density at radius 2 is 1.83 bits per heavy atom. The van der Waals surface area contributed by atoms with Gasteiger partial charge in [-0.1, -0.05) is 6.07 Å². The fourth-order valence-corrected chi connectivity index (χ4v) is 1.44. The van der Waals surface area contributed by atoms with Gasteiger partial charge >= 0.3 is 6.18 Å². The summed E-state index contributed by atoms with van der Waals surface area (Å²) in [5, 5.41) is 2.77. The standard InChI is InChI=1S/C12H15F4NO/c1-7(17-3)11-9(13)5-4-6-10(11)18-8(2)12(14,15)16/h4-8,17H,1-3H3. The molecule has 2 atom stereocenters. The Kier molecular flexibility index (Phi) is 4.56. The SMILES string of the molecule is CNC(C)c1c(F)cccc1OC(C)C(F)(F)F. The van der Waals surface area contributed by atoms with Crippen LogP contribution in [-0.2, 0) is 0 Å². The molecule has 0 amide bonds. The molecular weight excluding hydrogens is 250 g/mol. The van der Waals surface area contributed by atoms with Crippen molar-refractivity contribution in [3.63, 3.8) is 0 Å². The van der Waals surface area contributed by atoms with E-state index in [1.165, 1.54) is 18.2 Å². The Labute approximate surface area is 103 Å². The molecule has 0 fully saturated rings. The first kappa shape index (κ1) is 14.8. The molecule has 1 N–H and O–H groups in total. The van der Waals surface area contributed by atoms with E-state index in [0.29, 0.717) is 0 Å². The van der Waals surface area contributed by atoms with E-state index in [9.17, 15) is 17.6 Å². The molecule has 0 aliphatic rings. The maximum absolute atomic E-state index is 13.6. The van der Waals surface area contributed by atoms with Gasteiger partial charge in [0.1, 0.15) is 11.6 Å². The molecule has 0 aromatic heterocycles. The second-order valence-corrected chi connectivity index (χ2v) is 3.96. The highest BCUT2D eigenvalue weighted by Gasteiger charge is 2.38. The largest absolute Gasteiger partial charge is 0.481 e. The average Bonchev–Trinajstić information content (AvgIpc) is 2.27. The molecule has 18 heavy (non-hydrogen) atoms. The quantitative estimate of drug-likeness (QED) is 0.842. The van der Waals surface area contributed by atoms with E-state index in [-0.39, 0.29) is 11.3 Å². The Balaban J connectivity index is 3.06. The van der Waals surface area contributed by atoms with Crippen LogP contribution >= 0.6 is 0 Å². The molecule has 0 saturated heterocycles. The van der Waals surface area contributed by atoms with Gasteiger partial charge in [-0.2, -0.15) is 13.2 Å². The summed E-state index contributed by atoms with van der Waals surface area (Å²) in [4.78, 5) is 0. The number of benzene rings is 1. The van der Waals surface area contributed by atoms with Crippen LogP contribution in [0.2, 0.25) is 0 Å². The van der Waals surface area contributed by atoms with Gasteiger partial charge in [0.25, 0.3) is 0 Å². The molecule has 0 aliphatic carbocycles. The van der Waals surface area contributed by atoms with Crippen LogP contribution in [0.4, 0.5) is 17.6 Å². The highest BCUT2D eigenvalue weighted by molar-refractivity contribution is 5.37. The first-order valence-corrected chi connectivity index (χ1v) is 5.46. The first-order valence-electron chi connectivity index (χ1n) is 5.46. The normalized spacial score (nSPS) is 15.3. The van der Waals surface area contributed by atoms with Crippen molar-refractivity contribution in [2.24, 2.45) is 0 Å². The summed E-state index contributed by atoms with van der Waals surface area (Å²) in [7, 11) is 1.59. The topological polar surface area (TPSA) is 21.3 Å². The molecule has 0 spiro atoms. The lowest BCUT2D eigenvalue weighted by Gasteiger charge is -2.22. The van der Waals surface area contributed by atoms with Crippen molar-refractivity contribution >= 4 is 0 Å². The van der Waals surface area contributed by atoms with Crippen molar-refractivity contribution < 1.29 is 22.3 Å². The zero-order valence-corrected chi connectivity index (χ0v) is 10.3. The summed E-state index contributed by atoms with van der Waals surface area (Å²) in [6.07, 6.45) is -6.46. The maximum Gasteiger partial charge on any atom is 0.425 e. The molecule has 6 heteroatoms. The van der Waals surface area contributed by atoms with Gasteiger partial charge in [-0.15, -0.1) is 0 Å². The average molecular weight is 265 g/mol. The van der Waals surface area contributed by atoms with Gasteiger partial charge in [0, 0.05) is 11.6 Å². The van der Waals surface area contributed by atoms with Gasteiger partial charge in [0.05, 0.1) is 0 Å². The van der Waals surface area contributed by atoms with Gasteiger partial charge in [-0.05, 0) is 33.0 Å². The van der Waals surface area contributed by atoms with Crippen LogP contribution in [0.3, 0.4) is 0 Å². The third-order valence-corrected chi connectivity index (χ3v) is 2.64. The number of hydrogen-bond acceptors (Lipinski definition) is 2. The molecule has 1 rings (SSSR count). The molecule has 2 nitrogen and oxygen atoms in total. The van der Waals surface area contributed by atoms with Crippen molar-refractivity contribution in [1.29, 1.82) is 0 Å². The summed E-state index contributed by atoms with van der Waals surface area (Å²) < 4.78 is 55.7. The number of rotatable bonds is 4. The smallest absolute Gasteiger partial charge is 0.425 e. The van der Waals surface area contributed by atoms with E-state index in [0.717, 1.165) is 6.92 Å². The minimum absolute atomic E-state index is 0.0936. The van der Waals surface area contributed by atoms with Crippen molar-refractivity contribution in [3.05, 3.63) is 29.6 Å². The van der Waals surface area contributed by atoms with Crippen LogP contribution in [0.5, 0.6) is 5.75 Å². The van der Waals surface area contributed by atoms with Crippen molar-refractivity contribution in [2.45, 2.75) is 32.2 Å². The van der Waals surface area contributed by atoms with Crippen LogP contribution in [0, 0.1) is 5.82 Å². The Morgan fingerprint density at radius 3 is 2.33 bits per heavy atom. The van der Waals surface area contributed by atoms with E-state index < -0.39 is 24.1 Å². The second kappa shape index (κ2) is 5.56. The lowest BCUT2D eigenvalue weighted by molar-refractivity contribution is -0.189. The number of hydrogen-bond donors (Lipinski definition) is 1. The summed E-state index contributed by atoms with van der Waals surface area (Å²) >= 11 is 0. The van der Waals surface area contributed by atoms with Crippen molar-refractivity contribution in [2.75, 3.05) is 7.05 Å². The summed E-state index contributed by atoms with van der Waals surface area (Å²) in [5.74, 6) is -0.689. The fraction of sp³-hybridized carbons (Fsp3) is 0.500. The van der Waals surface area contributed by atoms with E-state index >= 15 is 0 Å². The maximum atomic E-state index is 13.6. The predicted octanol–water partition coefficient (Wildman–Crippen LogP) is 3.44. The van der Waals surface area contributed by atoms with Gasteiger partial charge in [0.2, 0.25) is 0 Å². The van der Waals surface area contributed by atoms with E-state index in [4.69, 9.17) is 4.74 Å². The first-order chi connectivity index (χ1) is 8.27. The summed E-state index contributed by atoms with van der Waals surface area (Å²) in [5.41, 5.74) is 0.0936. The lowest BCUT2D eigenvalue weighted by Crippen LogP contribution is -2.32. The lowest BCUT2D eigenvalue weighted by atomic mass is 10.1. The molecule has 1 aromatic carbocycles. The monoisotopic (exact) mass is 265 g/mol. The van der Waals surface area contributed by atoms with E-state index in [1.807, 2.05) is 0 Å². The fourth-order valence-electron chi connectivity index (χ4n) is 1.44. The third kappa shape index (κ3) is 3.35. The number of ether oxygens (including phenoxy) is 1. The van der Waals surface area contributed by atoms with Crippen molar-refractivity contribution in [1.82, 2.24) is 5.32 Å². The zero-order chi connectivity index (χ0) is 13.9. The number of halogens is 4. The molecule has 0 radical (unpaired) electrons. The van der Waals surface area contributed by atoms with Crippen LogP contribution < -0.4 is 10.1 Å². The minimum Gasteiger partial charge on any atom is -0.481 e. The molecule has 2 unspecified atom stereocenters. The van der Waals surface area contributed by atoms with E-state index in [2.05, 4.69) is 5.32 Å². The molecule has 0 saturated carbocycles. The highest BCUT2D eigenvalue weighted by atomic mass is 19.4. The van der Waals surface area contributed by atoms with E-state index in [1.54, 1.807) is 14.0 Å². The van der Waals surface area contributed by atoms with Gasteiger partial charge in [-0.25, -0.2) is 4.39 Å². The molecule has 0 aliphatic heterocycles. The molecule has 0 bridgehead atoms. The molecule has 102 valence electrons. The Bertz CT molecular complexity index is 406. The molecule has 1 aromatic rings. The summed E-state index contributed by atoms with van der Waals surface area (Å²) in [6, 6.07) is 3.39. The van der Waals surface area contributed by atoms with Crippen LogP contribution in [0.1, 0.15) is 25.5 Å². The van der Waals surface area contributed by atoms with Crippen LogP contribution in [-0.4, -0.2) is 19.3 Å². The van der Waals surface area contributed by atoms with Gasteiger partial charge < -0.3 is 10.1 Å². The minimum atomic E-state index is -4.48. The summed E-state index contributed by atoms with van der Waals surface area (Å²) in [6.45, 7) is 2.53. The molecular formula is C12H15F4NO. The van der Waals surface area contributed by atoms with Gasteiger partial charge in [-0.3, -0.25) is 0 Å². The number of nitrogens with one attached hydrogen (secondary N) is 1. The van der Waals surface area contributed by atoms with Crippen molar-refractivity contribution in [3.8, 4) is 5.75 Å². The van der Waals surface area contributed by atoms with Gasteiger partial charge in [0.15, 0.2) is 6.10 Å².